The summed E-state index contributed by atoms with van der Waals surface area (Å²) in [5.74, 6) is -0.889. The highest BCUT2D eigenvalue weighted by Crippen LogP contribution is 2.41. The third-order valence-corrected chi connectivity index (χ3v) is 6.07. The Morgan fingerprint density at radius 3 is 1.70 bits per heavy atom. The highest BCUT2D eigenvalue weighted by molar-refractivity contribution is 6.05. The van der Waals surface area contributed by atoms with Crippen LogP contribution in [0.2, 0.25) is 0 Å². The average Bonchev–Trinajstić information content (AvgIpc) is 2.83. The number of nitrogens with one attached hydrogen (secondary N) is 2. The fraction of sp³-hybridized carbons (Fsp3) is 0.258. The maximum absolute atomic E-state index is 16.6. The van der Waals surface area contributed by atoms with Gasteiger partial charge in [-0.05, 0) is 18.2 Å². The number of aromatic nitrogens is 1. The van der Waals surface area contributed by atoms with Gasteiger partial charge in [0.25, 0.3) is 0 Å². The van der Waals surface area contributed by atoms with Gasteiger partial charge in [-0.2, -0.15) is 0 Å². The Bertz CT molecular complexity index is 1500. The van der Waals surface area contributed by atoms with Gasteiger partial charge in [0, 0.05) is 38.6 Å². The number of pyridine rings is 1. The molecule has 190 valence electrons. The van der Waals surface area contributed by atoms with Crippen LogP contribution in [0.3, 0.4) is 0 Å². The molecule has 0 aliphatic rings. The van der Waals surface area contributed by atoms with Crippen molar-refractivity contribution in [2.75, 3.05) is 10.6 Å². The molecule has 0 aliphatic carbocycles. The summed E-state index contributed by atoms with van der Waals surface area (Å²) in [7, 11) is 0. The van der Waals surface area contributed by atoms with E-state index in [9.17, 15) is 9.59 Å². The number of benzene rings is 3. The predicted molar refractivity (Wildman–Crippen MR) is 149 cm³/mol. The van der Waals surface area contributed by atoms with E-state index < -0.39 is 16.6 Å². The maximum atomic E-state index is 16.6. The molecule has 37 heavy (non-hydrogen) atoms. The van der Waals surface area contributed by atoms with E-state index in [0.717, 1.165) is 0 Å². The molecule has 3 aromatic carbocycles. The fourth-order valence-electron chi connectivity index (χ4n) is 3.86. The van der Waals surface area contributed by atoms with Crippen LogP contribution in [0.15, 0.2) is 72.8 Å². The van der Waals surface area contributed by atoms with Gasteiger partial charge in [-0.15, -0.1) is 0 Å². The van der Waals surface area contributed by atoms with Gasteiger partial charge in [-0.25, -0.2) is 9.37 Å². The van der Waals surface area contributed by atoms with Gasteiger partial charge in [0.05, 0.1) is 11.2 Å². The van der Waals surface area contributed by atoms with Crippen molar-refractivity contribution in [2.45, 2.75) is 41.5 Å². The minimum atomic E-state index is -0.627. The van der Waals surface area contributed by atoms with Gasteiger partial charge in [0.15, 0.2) is 5.82 Å². The van der Waals surface area contributed by atoms with Gasteiger partial charge in [-0.1, -0.05) is 96.1 Å². The molecule has 0 bridgehead atoms. The maximum Gasteiger partial charge on any atom is 0.229 e. The van der Waals surface area contributed by atoms with E-state index in [1.807, 2.05) is 71.9 Å². The molecule has 4 rings (SSSR count). The van der Waals surface area contributed by atoms with Crippen LogP contribution in [0.25, 0.3) is 33.3 Å². The van der Waals surface area contributed by atoms with Gasteiger partial charge in [-0.3, -0.25) is 9.59 Å². The van der Waals surface area contributed by atoms with Gasteiger partial charge in [0.1, 0.15) is 5.69 Å². The Morgan fingerprint density at radius 1 is 0.676 bits per heavy atom. The number of halogens is 1. The normalized spacial score (nSPS) is 11.9. The third-order valence-electron chi connectivity index (χ3n) is 6.07. The van der Waals surface area contributed by atoms with E-state index in [4.69, 9.17) is 0 Å². The van der Waals surface area contributed by atoms with Crippen molar-refractivity contribution in [2.24, 2.45) is 10.8 Å². The fourth-order valence-corrected chi connectivity index (χ4v) is 3.86. The zero-order valence-electron chi connectivity index (χ0n) is 22.1. The van der Waals surface area contributed by atoms with Crippen LogP contribution in [0.4, 0.5) is 15.8 Å². The summed E-state index contributed by atoms with van der Waals surface area (Å²) in [6.07, 6.45) is 0. The van der Waals surface area contributed by atoms with Crippen molar-refractivity contribution in [1.29, 1.82) is 0 Å². The summed E-state index contributed by atoms with van der Waals surface area (Å²) in [6.45, 7) is 10.9. The van der Waals surface area contributed by atoms with Crippen molar-refractivity contribution in [3.8, 4) is 22.4 Å². The monoisotopic (exact) mass is 497 g/mol. The number of rotatable bonds is 4. The van der Waals surface area contributed by atoms with Crippen molar-refractivity contribution in [3.05, 3.63) is 78.6 Å². The van der Waals surface area contributed by atoms with E-state index in [1.165, 1.54) is 0 Å². The quantitative estimate of drug-likeness (QED) is 0.304. The number of anilines is 2. The van der Waals surface area contributed by atoms with Crippen molar-refractivity contribution in [1.82, 2.24) is 4.98 Å². The summed E-state index contributed by atoms with van der Waals surface area (Å²) < 4.78 is 16.6. The smallest absolute Gasteiger partial charge is 0.229 e. The largest absolute Gasteiger partial charge is 0.325 e. The number of fused-ring (bicyclic) bond motifs is 1. The number of hydrogen-bond donors (Lipinski definition) is 2. The lowest BCUT2D eigenvalue weighted by Crippen LogP contribution is -2.28. The van der Waals surface area contributed by atoms with Crippen molar-refractivity contribution in [3.63, 3.8) is 0 Å². The van der Waals surface area contributed by atoms with E-state index in [1.54, 1.807) is 42.5 Å². The Balaban J connectivity index is 1.96. The van der Waals surface area contributed by atoms with Crippen LogP contribution in [0, 0.1) is 16.6 Å². The van der Waals surface area contributed by atoms with Gasteiger partial charge in [0.2, 0.25) is 11.8 Å². The highest BCUT2D eigenvalue weighted by Gasteiger charge is 2.26. The zero-order chi connectivity index (χ0) is 27.0. The molecule has 0 fully saturated rings. The topological polar surface area (TPSA) is 71.1 Å². The first-order valence-electron chi connectivity index (χ1n) is 12.3. The lowest BCUT2D eigenvalue weighted by Gasteiger charge is -2.21. The standard InChI is InChI=1S/C31H32FN3O2/c1-30(2,3)28(36)34-23-17-11-8-14-20(23)25-19-13-7-10-16-22(19)33-27(26(25)32)21-15-9-12-18-24(21)35-29(37)31(4,5)6/h7-18H,1-6H3,(H,34,36)(H,35,37). The Hall–Kier alpha value is -4.06. The second kappa shape index (κ2) is 9.77. The van der Waals surface area contributed by atoms with Crippen LogP contribution in [0.1, 0.15) is 41.5 Å². The van der Waals surface area contributed by atoms with Crippen LogP contribution >= 0.6 is 0 Å². The number of hydrogen-bond acceptors (Lipinski definition) is 3. The molecule has 0 unspecified atom stereocenters. The van der Waals surface area contributed by atoms with E-state index >= 15 is 4.39 Å². The minimum absolute atomic E-state index is 0.121. The molecular weight excluding hydrogens is 465 g/mol. The molecule has 0 spiro atoms. The molecule has 0 atom stereocenters. The first kappa shape index (κ1) is 26.0. The number of carbonyl (C=O) groups is 2. The summed E-state index contributed by atoms with van der Waals surface area (Å²) in [5.41, 5.74) is 1.82. The van der Waals surface area contributed by atoms with Gasteiger partial charge >= 0.3 is 0 Å². The highest BCUT2D eigenvalue weighted by atomic mass is 19.1. The van der Waals surface area contributed by atoms with Crippen molar-refractivity contribution < 1.29 is 14.0 Å². The molecule has 1 aromatic heterocycles. The third kappa shape index (κ3) is 5.38. The van der Waals surface area contributed by atoms with Crippen LogP contribution in [-0.2, 0) is 9.59 Å². The molecule has 0 saturated carbocycles. The number of amides is 2. The molecule has 5 nitrogen and oxygen atoms in total. The van der Waals surface area contributed by atoms with Gasteiger partial charge < -0.3 is 10.6 Å². The summed E-state index contributed by atoms with van der Waals surface area (Å²) in [4.78, 5) is 30.3. The van der Waals surface area contributed by atoms with Crippen LogP contribution in [0.5, 0.6) is 0 Å². The second-order valence-corrected chi connectivity index (χ2v) is 11.2. The first-order chi connectivity index (χ1) is 17.4. The molecule has 0 saturated heterocycles. The summed E-state index contributed by atoms with van der Waals surface area (Å²) in [6, 6.07) is 21.6. The molecule has 2 amide bonds. The molecule has 4 aromatic rings. The minimum Gasteiger partial charge on any atom is -0.325 e. The summed E-state index contributed by atoms with van der Waals surface area (Å²) in [5, 5.41) is 6.53. The zero-order valence-corrected chi connectivity index (χ0v) is 22.1. The Morgan fingerprint density at radius 2 is 1.14 bits per heavy atom. The van der Waals surface area contributed by atoms with Crippen molar-refractivity contribution >= 4 is 34.1 Å². The first-order valence-corrected chi connectivity index (χ1v) is 12.3. The molecule has 0 radical (unpaired) electrons. The van der Waals surface area contributed by atoms with E-state index in [2.05, 4.69) is 15.6 Å². The Labute approximate surface area is 217 Å². The lowest BCUT2D eigenvalue weighted by molar-refractivity contribution is -0.123. The SMILES string of the molecule is CC(C)(C)C(=O)Nc1ccccc1-c1nc2ccccc2c(-c2ccccc2NC(=O)C(C)(C)C)c1F. The molecule has 1 heterocycles. The molecule has 0 aliphatic heterocycles. The Kier molecular flexibility index (Phi) is 6.87. The average molecular weight is 498 g/mol. The molecule has 6 heteroatoms. The predicted octanol–water partition coefficient (Wildman–Crippen LogP) is 7.68. The van der Waals surface area contributed by atoms with Crippen LogP contribution in [-0.4, -0.2) is 16.8 Å². The number of nitrogens with zero attached hydrogens (tertiary/aromatic N) is 1. The number of carbonyl (C=O) groups excluding carboxylic acids is 2. The van der Waals surface area contributed by atoms with Crippen LogP contribution < -0.4 is 10.6 Å². The number of para-hydroxylation sites is 3. The lowest BCUT2D eigenvalue weighted by atomic mass is 9.93. The van der Waals surface area contributed by atoms with E-state index in [0.29, 0.717) is 39.0 Å². The molecular formula is C31H32FN3O2. The second-order valence-electron chi connectivity index (χ2n) is 11.2. The van der Waals surface area contributed by atoms with E-state index in [-0.39, 0.29) is 17.5 Å². The summed E-state index contributed by atoms with van der Waals surface area (Å²) >= 11 is 0. The molecule has 2 N–H and O–H groups in total.